The number of carbonyl (C=O) groups is 1. The molecule has 98 valence electrons. The van der Waals surface area contributed by atoms with E-state index in [2.05, 4.69) is 5.32 Å². The number of nitrogens with one attached hydrogen (secondary N) is 1. The van der Waals surface area contributed by atoms with Crippen LogP contribution in [0.1, 0.15) is 30.5 Å². The summed E-state index contributed by atoms with van der Waals surface area (Å²) < 4.78 is 5.82. The predicted octanol–water partition coefficient (Wildman–Crippen LogP) is 2.55. The van der Waals surface area contributed by atoms with Crippen LogP contribution in [0.15, 0.2) is 0 Å². The normalized spacial score (nSPS) is 17.5. The summed E-state index contributed by atoms with van der Waals surface area (Å²) in [7, 11) is 0. The minimum atomic E-state index is -0.541. The van der Waals surface area contributed by atoms with E-state index in [9.17, 15) is 4.79 Å². The Balaban J connectivity index is 2.65. The molecule has 1 aromatic rings. The van der Waals surface area contributed by atoms with Gasteiger partial charge in [0.05, 0.1) is 11.1 Å². The third-order valence-corrected chi connectivity index (χ3v) is 3.74. The zero-order valence-corrected chi connectivity index (χ0v) is 11.6. The lowest BCUT2D eigenvalue weighted by Crippen LogP contribution is -2.33. The van der Waals surface area contributed by atoms with Gasteiger partial charge in [0.15, 0.2) is 0 Å². The highest BCUT2D eigenvalue weighted by molar-refractivity contribution is 5.99. The maximum absolute atomic E-state index is 12.1. The molecule has 0 bridgehead atoms. The molecule has 0 unspecified atom stereocenters. The number of fused-ring (bicyclic) bond motifs is 1. The number of hydrogen-bond donors (Lipinski definition) is 2. The largest absolute Gasteiger partial charge is 0.490 e. The van der Waals surface area contributed by atoms with E-state index in [-0.39, 0.29) is 5.91 Å². The lowest BCUT2D eigenvalue weighted by atomic mass is 9.94. The van der Waals surface area contributed by atoms with Crippen molar-refractivity contribution in [3.05, 3.63) is 16.7 Å². The van der Waals surface area contributed by atoms with Crippen LogP contribution in [0, 0.1) is 26.2 Å². The third-order valence-electron chi connectivity index (χ3n) is 3.74. The van der Waals surface area contributed by atoms with E-state index < -0.39 is 5.41 Å². The van der Waals surface area contributed by atoms with Crippen molar-refractivity contribution in [1.82, 2.24) is 0 Å². The lowest BCUT2D eigenvalue weighted by molar-refractivity contribution is -0.124. The van der Waals surface area contributed by atoms with Crippen LogP contribution in [0.4, 0.5) is 11.4 Å². The average molecular weight is 248 g/mol. The van der Waals surface area contributed by atoms with E-state index in [4.69, 9.17) is 10.5 Å². The van der Waals surface area contributed by atoms with Gasteiger partial charge in [0.2, 0.25) is 5.91 Å². The van der Waals surface area contributed by atoms with Gasteiger partial charge in [-0.15, -0.1) is 0 Å². The van der Waals surface area contributed by atoms with Crippen molar-refractivity contribution in [3.63, 3.8) is 0 Å². The van der Waals surface area contributed by atoms with E-state index in [0.29, 0.717) is 12.4 Å². The summed E-state index contributed by atoms with van der Waals surface area (Å²) in [6.07, 6.45) is 0. The molecule has 0 radical (unpaired) electrons. The highest BCUT2D eigenvalue weighted by atomic mass is 16.5. The molecule has 4 nitrogen and oxygen atoms in total. The van der Waals surface area contributed by atoms with Crippen LogP contribution in [0.5, 0.6) is 5.75 Å². The number of nitrogens with two attached hydrogens (primary N) is 1. The monoisotopic (exact) mass is 248 g/mol. The van der Waals surface area contributed by atoms with Gasteiger partial charge in [0, 0.05) is 11.3 Å². The molecule has 1 aliphatic heterocycles. The molecule has 0 fully saturated rings. The smallest absolute Gasteiger partial charge is 0.233 e. The van der Waals surface area contributed by atoms with Gasteiger partial charge in [0.25, 0.3) is 0 Å². The standard InChI is InChI=1S/C14H20N2O2/c1-7-8(2)11-12(9(3)10(7)15)18-6-14(4,5)13(17)16-11/h6,15H2,1-5H3,(H,16,17). The molecule has 4 heteroatoms. The first-order valence-electron chi connectivity index (χ1n) is 6.09. The summed E-state index contributed by atoms with van der Waals surface area (Å²) in [6.45, 7) is 9.93. The number of benzene rings is 1. The Hall–Kier alpha value is -1.71. The van der Waals surface area contributed by atoms with Gasteiger partial charge in [-0.2, -0.15) is 0 Å². The minimum Gasteiger partial charge on any atom is -0.490 e. The van der Waals surface area contributed by atoms with Crippen molar-refractivity contribution >= 4 is 17.3 Å². The Bertz CT molecular complexity index is 533. The summed E-state index contributed by atoms with van der Waals surface area (Å²) in [6, 6.07) is 0. The van der Waals surface area contributed by atoms with E-state index in [0.717, 1.165) is 28.1 Å². The highest BCUT2D eigenvalue weighted by Gasteiger charge is 2.34. The van der Waals surface area contributed by atoms with Gasteiger partial charge >= 0.3 is 0 Å². The molecule has 0 atom stereocenters. The zero-order chi connectivity index (χ0) is 13.7. The van der Waals surface area contributed by atoms with Gasteiger partial charge in [0.1, 0.15) is 12.4 Å². The molecule has 0 aliphatic carbocycles. The van der Waals surface area contributed by atoms with Crippen molar-refractivity contribution in [2.75, 3.05) is 17.7 Å². The van der Waals surface area contributed by atoms with Crippen molar-refractivity contribution in [3.8, 4) is 5.75 Å². The predicted molar refractivity (Wildman–Crippen MR) is 73.0 cm³/mol. The molecular weight excluding hydrogens is 228 g/mol. The van der Waals surface area contributed by atoms with Crippen LogP contribution < -0.4 is 15.8 Å². The second kappa shape index (κ2) is 3.90. The molecule has 3 N–H and O–H groups in total. The molecule has 1 aliphatic rings. The first kappa shape index (κ1) is 12.7. The molecular formula is C14H20N2O2. The fourth-order valence-corrected chi connectivity index (χ4v) is 2.08. The van der Waals surface area contributed by atoms with Gasteiger partial charge in [-0.1, -0.05) is 0 Å². The van der Waals surface area contributed by atoms with E-state index >= 15 is 0 Å². The topological polar surface area (TPSA) is 64.3 Å². The van der Waals surface area contributed by atoms with Gasteiger partial charge in [-0.25, -0.2) is 0 Å². The molecule has 0 saturated carbocycles. The van der Waals surface area contributed by atoms with Crippen LogP contribution in [0.3, 0.4) is 0 Å². The Morgan fingerprint density at radius 2 is 1.78 bits per heavy atom. The Morgan fingerprint density at radius 1 is 1.17 bits per heavy atom. The number of anilines is 2. The Morgan fingerprint density at radius 3 is 2.39 bits per heavy atom. The lowest BCUT2D eigenvalue weighted by Gasteiger charge is -2.19. The fourth-order valence-electron chi connectivity index (χ4n) is 2.08. The summed E-state index contributed by atoms with van der Waals surface area (Å²) >= 11 is 0. The number of hydrogen-bond acceptors (Lipinski definition) is 3. The summed E-state index contributed by atoms with van der Waals surface area (Å²) in [5.41, 5.74) is 9.88. The Kier molecular flexibility index (Phi) is 2.76. The van der Waals surface area contributed by atoms with Gasteiger partial charge in [-0.3, -0.25) is 4.79 Å². The van der Waals surface area contributed by atoms with E-state index in [1.165, 1.54) is 0 Å². The third kappa shape index (κ3) is 1.72. The van der Waals surface area contributed by atoms with Crippen molar-refractivity contribution in [2.45, 2.75) is 34.6 Å². The zero-order valence-electron chi connectivity index (χ0n) is 11.6. The van der Waals surface area contributed by atoms with Gasteiger partial charge in [-0.05, 0) is 45.7 Å². The second-order valence-electron chi connectivity index (χ2n) is 5.62. The first-order valence-corrected chi connectivity index (χ1v) is 6.09. The molecule has 18 heavy (non-hydrogen) atoms. The molecule has 1 aromatic carbocycles. The quantitative estimate of drug-likeness (QED) is 0.693. The highest BCUT2D eigenvalue weighted by Crippen LogP contribution is 2.41. The van der Waals surface area contributed by atoms with Crippen molar-refractivity contribution in [2.24, 2.45) is 5.41 Å². The van der Waals surface area contributed by atoms with Crippen LogP contribution in [0.25, 0.3) is 0 Å². The average Bonchev–Trinajstić information content (AvgIpc) is 2.43. The van der Waals surface area contributed by atoms with Crippen molar-refractivity contribution < 1.29 is 9.53 Å². The maximum atomic E-state index is 12.1. The number of amides is 1. The summed E-state index contributed by atoms with van der Waals surface area (Å²) in [4.78, 5) is 12.1. The molecule has 0 aromatic heterocycles. The minimum absolute atomic E-state index is 0.0204. The van der Waals surface area contributed by atoms with E-state index in [1.54, 1.807) is 0 Å². The summed E-state index contributed by atoms with van der Waals surface area (Å²) in [5.74, 6) is 0.683. The Labute approximate surface area is 108 Å². The molecule has 2 rings (SSSR count). The first-order chi connectivity index (χ1) is 8.25. The fraction of sp³-hybridized carbons (Fsp3) is 0.500. The van der Waals surface area contributed by atoms with Crippen molar-refractivity contribution in [1.29, 1.82) is 0 Å². The van der Waals surface area contributed by atoms with E-state index in [1.807, 2.05) is 34.6 Å². The molecule has 1 heterocycles. The molecule has 1 amide bonds. The molecule has 0 spiro atoms. The second-order valence-corrected chi connectivity index (χ2v) is 5.62. The number of carbonyl (C=O) groups excluding carboxylic acids is 1. The number of nitrogen functional groups attached to an aromatic ring is 1. The molecule has 0 saturated heterocycles. The van der Waals surface area contributed by atoms with Crippen LogP contribution in [-0.2, 0) is 4.79 Å². The number of ether oxygens (including phenoxy) is 1. The summed E-state index contributed by atoms with van der Waals surface area (Å²) in [5, 5.41) is 2.97. The van der Waals surface area contributed by atoms with Crippen LogP contribution >= 0.6 is 0 Å². The van der Waals surface area contributed by atoms with Gasteiger partial charge < -0.3 is 15.8 Å². The van der Waals surface area contributed by atoms with Crippen LogP contribution in [0.2, 0.25) is 0 Å². The SMILES string of the molecule is Cc1c(C)c2c(c(C)c1N)OCC(C)(C)C(=O)N2. The number of rotatable bonds is 0. The van der Waals surface area contributed by atoms with Crippen LogP contribution in [-0.4, -0.2) is 12.5 Å². The maximum Gasteiger partial charge on any atom is 0.233 e.